The van der Waals surface area contributed by atoms with Crippen LogP contribution >= 0.6 is 0 Å². The molecule has 6 heteroatoms. The molecule has 0 fully saturated rings. The number of aliphatic carboxylic acids is 1. The molecule has 3 unspecified atom stereocenters. The topological polar surface area (TPSA) is 69.6 Å². The number of hydrogen-bond donors (Lipinski definition) is 2. The van der Waals surface area contributed by atoms with Crippen molar-refractivity contribution in [3.63, 3.8) is 0 Å². The smallest absolute Gasteiger partial charge is 0.311 e. The van der Waals surface area contributed by atoms with Crippen LogP contribution in [0.4, 0.5) is 10.1 Å². The summed E-state index contributed by atoms with van der Waals surface area (Å²) >= 11 is 0. The summed E-state index contributed by atoms with van der Waals surface area (Å²) < 4.78 is 15.3. The summed E-state index contributed by atoms with van der Waals surface area (Å²) in [5.41, 5.74) is 5.53. The molecule has 5 nitrogen and oxygen atoms in total. The maximum absolute atomic E-state index is 15.3. The van der Waals surface area contributed by atoms with Gasteiger partial charge in [0.1, 0.15) is 5.82 Å². The van der Waals surface area contributed by atoms with Crippen LogP contribution in [-0.4, -0.2) is 23.5 Å². The van der Waals surface area contributed by atoms with Crippen LogP contribution in [0.2, 0.25) is 0 Å². The Morgan fingerprint density at radius 2 is 1.90 bits per heavy atom. The summed E-state index contributed by atoms with van der Waals surface area (Å²) in [5, 5.41) is 12.8. The number of fused-ring (bicyclic) bond motifs is 1. The highest BCUT2D eigenvalue weighted by Gasteiger charge is 2.30. The lowest BCUT2D eigenvalue weighted by atomic mass is 9.80. The fourth-order valence-corrected chi connectivity index (χ4v) is 5.61. The van der Waals surface area contributed by atoms with Crippen molar-refractivity contribution in [2.75, 3.05) is 11.4 Å². The van der Waals surface area contributed by atoms with Crippen molar-refractivity contribution in [3.8, 4) is 0 Å². The molecule has 3 atom stereocenters. The van der Waals surface area contributed by atoms with Crippen LogP contribution in [0.3, 0.4) is 0 Å². The Balaban J connectivity index is 1.32. The van der Waals surface area contributed by atoms with Crippen LogP contribution in [0.5, 0.6) is 0 Å². The monoisotopic (exact) mass is 524 g/mol. The molecule has 1 aliphatic heterocycles. The van der Waals surface area contributed by atoms with E-state index in [0.717, 1.165) is 36.2 Å². The molecular formula is C33H33FN2O3. The number of nitrogens with one attached hydrogen (secondary N) is 1. The maximum Gasteiger partial charge on any atom is 0.311 e. The Labute approximate surface area is 228 Å². The molecule has 1 aliphatic carbocycles. The van der Waals surface area contributed by atoms with Crippen molar-refractivity contribution in [3.05, 3.63) is 119 Å². The van der Waals surface area contributed by atoms with Gasteiger partial charge in [-0.25, -0.2) is 4.39 Å². The minimum absolute atomic E-state index is 0.105. The van der Waals surface area contributed by atoms with Crippen LogP contribution in [0.25, 0.3) is 5.57 Å². The Hall–Kier alpha value is -4.19. The fourth-order valence-electron chi connectivity index (χ4n) is 5.61. The van der Waals surface area contributed by atoms with E-state index in [9.17, 15) is 14.7 Å². The third-order valence-corrected chi connectivity index (χ3v) is 7.77. The van der Waals surface area contributed by atoms with Crippen molar-refractivity contribution in [2.45, 2.75) is 39.3 Å². The van der Waals surface area contributed by atoms with E-state index >= 15 is 4.39 Å². The molecule has 2 N–H and O–H groups in total. The van der Waals surface area contributed by atoms with E-state index in [1.165, 1.54) is 6.07 Å². The van der Waals surface area contributed by atoms with Crippen molar-refractivity contribution in [2.24, 2.45) is 11.8 Å². The number of carboxylic acid groups (broad SMARTS) is 1. The summed E-state index contributed by atoms with van der Waals surface area (Å²) in [7, 11) is 0. The summed E-state index contributed by atoms with van der Waals surface area (Å²) in [4.78, 5) is 27.0. The van der Waals surface area contributed by atoms with Crippen molar-refractivity contribution < 1.29 is 19.1 Å². The molecule has 0 saturated heterocycles. The second-order valence-corrected chi connectivity index (χ2v) is 10.5. The van der Waals surface area contributed by atoms with Crippen LogP contribution in [0.1, 0.15) is 58.9 Å². The Morgan fingerprint density at radius 3 is 2.64 bits per heavy atom. The van der Waals surface area contributed by atoms with Crippen LogP contribution in [-0.2, 0) is 17.8 Å². The molecular weight excluding hydrogens is 491 g/mol. The summed E-state index contributed by atoms with van der Waals surface area (Å²) in [5.74, 6) is -2.23. The van der Waals surface area contributed by atoms with E-state index in [-0.39, 0.29) is 23.7 Å². The molecule has 3 aromatic carbocycles. The van der Waals surface area contributed by atoms with E-state index < -0.39 is 11.9 Å². The van der Waals surface area contributed by atoms with Crippen molar-refractivity contribution in [1.82, 2.24) is 5.32 Å². The number of nitrogens with zero attached hydrogens (tertiary/aromatic N) is 1. The van der Waals surface area contributed by atoms with E-state index in [1.54, 1.807) is 12.1 Å². The van der Waals surface area contributed by atoms with Gasteiger partial charge in [-0.05, 0) is 72.2 Å². The zero-order valence-corrected chi connectivity index (χ0v) is 22.2. The molecule has 2 aliphatic rings. The number of aryl methyl sites for hydroxylation is 1. The Kier molecular flexibility index (Phi) is 7.64. The van der Waals surface area contributed by atoms with Crippen molar-refractivity contribution in [1.29, 1.82) is 0 Å². The van der Waals surface area contributed by atoms with Crippen LogP contribution in [0, 0.1) is 17.7 Å². The number of carbonyl (C=O) groups excluding carboxylic acids is 1. The first-order valence-corrected chi connectivity index (χ1v) is 13.5. The second kappa shape index (κ2) is 11.3. The molecule has 1 heterocycles. The molecule has 0 radical (unpaired) electrons. The average molecular weight is 525 g/mol. The standard InChI is InChI=1S/C33H33FN2O3/c1-21-8-6-12-28(31(21)33(38)39)24-13-14-27(29(34)19-24)20-36-17-7-11-25-18-26(15-16-30(25)36)32(37)35-22(2)23-9-4-3-5-10-23/h3-6,8-10,12-16,18-19,21-22,31H,7,11,17,20H2,1-2H3,(H,35,37)(H,38,39). The number of anilines is 1. The molecule has 3 aromatic rings. The lowest BCUT2D eigenvalue weighted by Gasteiger charge is -2.32. The summed E-state index contributed by atoms with van der Waals surface area (Å²) in [6.45, 7) is 5.02. The van der Waals surface area contributed by atoms with Gasteiger partial charge in [0.25, 0.3) is 5.91 Å². The normalized spacial score (nSPS) is 19.2. The SMILES string of the molecule is CC(NC(=O)c1ccc2c(c1)CCCN2Cc1ccc(C2=CC=CC(C)C2C(=O)O)cc1F)c1ccccc1. The third kappa shape index (κ3) is 5.65. The van der Waals surface area contributed by atoms with Gasteiger partial charge in [-0.3, -0.25) is 9.59 Å². The van der Waals surface area contributed by atoms with E-state index in [0.29, 0.717) is 28.8 Å². The minimum atomic E-state index is -0.907. The van der Waals surface area contributed by atoms with E-state index in [1.807, 2.05) is 80.6 Å². The molecule has 0 aromatic heterocycles. The van der Waals surface area contributed by atoms with Gasteiger partial charge in [0.15, 0.2) is 0 Å². The van der Waals surface area contributed by atoms with Gasteiger partial charge in [-0.2, -0.15) is 0 Å². The number of rotatable bonds is 7. The van der Waals surface area contributed by atoms with Crippen LogP contribution < -0.4 is 10.2 Å². The maximum atomic E-state index is 15.3. The number of hydrogen-bond acceptors (Lipinski definition) is 3. The van der Waals surface area contributed by atoms with Gasteiger partial charge in [0.05, 0.1) is 12.0 Å². The van der Waals surface area contributed by atoms with Gasteiger partial charge < -0.3 is 15.3 Å². The predicted molar refractivity (Wildman–Crippen MR) is 152 cm³/mol. The number of carboxylic acids is 1. The van der Waals surface area contributed by atoms with E-state index in [4.69, 9.17) is 0 Å². The quantitative estimate of drug-likeness (QED) is 0.367. The first kappa shape index (κ1) is 26.4. The van der Waals surface area contributed by atoms with Crippen molar-refractivity contribution >= 4 is 23.1 Å². The number of carbonyl (C=O) groups is 2. The average Bonchev–Trinajstić information content (AvgIpc) is 2.94. The Morgan fingerprint density at radius 1 is 1.10 bits per heavy atom. The number of amides is 1. The van der Waals surface area contributed by atoms with E-state index in [2.05, 4.69) is 10.2 Å². The van der Waals surface area contributed by atoms with Gasteiger partial charge in [0, 0.05) is 29.9 Å². The van der Waals surface area contributed by atoms with Gasteiger partial charge in [0.2, 0.25) is 0 Å². The lowest BCUT2D eigenvalue weighted by molar-refractivity contribution is -0.140. The Bertz CT molecular complexity index is 1450. The number of benzene rings is 3. The lowest BCUT2D eigenvalue weighted by Crippen LogP contribution is -2.30. The van der Waals surface area contributed by atoms with Gasteiger partial charge >= 0.3 is 5.97 Å². The third-order valence-electron chi connectivity index (χ3n) is 7.77. The predicted octanol–water partition coefficient (Wildman–Crippen LogP) is 6.56. The molecule has 200 valence electrons. The van der Waals surface area contributed by atoms with Crippen LogP contribution in [0.15, 0.2) is 85.0 Å². The summed E-state index contributed by atoms with van der Waals surface area (Å²) in [6, 6.07) is 20.5. The molecule has 1 amide bonds. The zero-order valence-electron chi connectivity index (χ0n) is 22.2. The zero-order chi connectivity index (χ0) is 27.5. The largest absolute Gasteiger partial charge is 0.481 e. The first-order chi connectivity index (χ1) is 18.8. The minimum Gasteiger partial charge on any atom is -0.481 e. The molecule has 0 saturated carbocycles. The van der Waals surface area contributed by atoms with Gasteiger partial charge in [-0.15, -0.1) is 0 Å². The highest BCUT2D eigenvalue weighted by atomic mass is 19.1. The molecule has 0 spiro atoms. The first-order valence-electron chi connectivity index (χ1n) is 13.5. The number of allylic oxidation sites excluding steroid dienone is 3. The highest BCUT2D eigenvalue weighted by Crippen LogP contribution is 2.35. The molecule has 39 heavy (non-hydrogen) atoms. The second-order valence-electron chi connectivity index (χ2n) is 10.5. The molecule has 5 rings (SSSR count). The highest BCUT2D eigenvalue weighted by molar-refractivity contribution is 5.95. The fraction of sp³-hybridized carbons (Fsp3) is 0.273. The van der Waals surface area contributed by atoms with Gasteiger partial charge in [-0.1, -0.05) is 67.6 Å². The number of halogens is 1. The molecule has 0 bridgehead atoms. The summed E-state index contributed by atoms with van der Waals surface area (Å²) in [6.07, 6.45) is 7.24.